The zero-order valence-electron chi connectivity index (χ0n) is 8.12. The third-order valence-corrected chi connectivity index (χ3v) is 3.00. The van der Waals surface area contributed by atoms with Crippen LogP contribution in [0.25, 0.3) is 0 Å². The highest BCUT2D eigenvalue weighted by Gasteiger charge is 2.32. The average Bonchev–Trinajstić information content (AvgIpc) is 2.13. The Morgan fingerprint density at radius 1 is 1.29 bits per heavy atom. The number of benzene rings is 1. The minimum absolute atomic E-state index is 0.0227. The fourth-order valence-electron chi connectivity index (χ4n) is 1.36. The molecular formula is C8H6F3N3O2S. The number of alkyl halides is 3. The maximum atomic E-state index is 12.4. The number of rotatable bonds is 0. The van der Waals surface area contributed by atoms with E-state index in [2.05, 4.69) is 4.40 Å². The summed E-state index contributed by atoms with van der Waals surface area (Å²) < 4.78 is 64.5. The molecule has 0 amide bonds. The molecule has 0 saturated heterocycles. The zero-order valence-corrected chi connectivity index (χ0v) is 8.93. The van der Waals surface area contributed by atoms with E-state index in [1.807, 2.05) is 4.72 Å². The summed E-state index contributed by atoms with van der Waals surface area (Å²) in [5, 5.41) is 0. The summed E-state index contributed by atoms with van der Waals surface area (Å²) in [6, 6.07) is 2.51. The number of halogens is 3. The molecule has 1 heterocycles. The van der Waals surface area contributed by atoms with Crippen molar-refractivity contribution in [3.05, 3.63) is 29.3 Å². The van der Waals surface area contributed by atoms with E-state index >= 15 is 0 Å². The fourth-order valence-corrected chi connectivity index (χ4v) is 2.22. The summed E-state index contributed by atoms with van der Waals surface area (Å²) in [4.78, 5) is 0. The van der Waals surface area contributed by atoms with Crippen LogP contribution in [0.2, 0.25) is 0 Å². The van der Waals surface area contributed by atoms with E-state index in [-0.39, 0.29) is 11.3 Å². The van der Waals surface area contributed by atoms with Crippen molar-refractivity contribution >= 4 is 21.7 Å². The number of nitrogens with zero attached hydrogens (tertiary/aromatic N) is 1. The van der Waals surface area contributed by atoms with E-state index in [0.29, 0.717) is 0 Å². The Labute approximate surface area is 94.3 Å². The van der Waals surface area contributed by atoms with E-state index in [0.717, 1.165) is 18.2 Å². The van der Waals surface area contributed by atoms with Gasteiger partial charge in [-0.2, -0.15) is 21.6 Å². The molecular weight excluding hydrogens is 259 g/mol. The summed E-state index contributed by atoms with van der Waals surface area (Å²) >= 11 is 0. The molecule has 0 aromatic heterocycles. The monoisotopic (exact) mass is 265 g/mol. The topological polar surface area (TPSA) is 84.5 Å². The van der Waals surface area contributed by atoms with Crippen LogP contribution in [-0.2, 0) is 16.4 Å². The Morgan fingerprint density at radius 2 is 1.94 bits per heavy atom. The highest BCUT2D eigenvalue weighted by molar-refractivity contribution is 7.91. The lowest BCUT2D eigenvalue weighted by Gasteiger charge is -2.17. The van der Waals surface area contributed by atoms with Gasteiger partial charge in [0.05, 0.1) is 11.3 Å². The van der Waals surface area contributed by atoms with Crippen LogP contribution in [0.1, 0.15) is 11.1 Å². The van der Waals surface area contributed by atoms with Gasteiger partial charge < -0.3 is 5.73 Å². The van der Waals surface area contributed by atoms with Crippen LogP contribution in [0, 0.1) is 0 Å². The molecule has 2 rings (SSSR count). The molecule has 0 radical (unpaired) electrons. The largest absolute Gasteiger partial charge is 0.416 e. The Hall–Kier alpha value is -1.77. The average molecular weight is 265 g/mol. The van der Waals surface area contributed by atoms with Gasteiger partial charge in [0.15, 0.2) is 0 Å². The maximum Gasteiger partial charge on any atom is 0.416 e. The molecule has 17 heavy (non-hydrogen) atoms. The second kappa shape index (κ2) is 3.36. The third kappa shape index (κ3) is 2.18. The van der Waals surface area contributed by atoms with E-state index in [9.17, 15) is 21.6 Å². The van der Waals surface area contributed by atoms with Crippen LogP contribution in [0.3, 0.4) is 0 Å². The Morgan fingerprint density at radius 3 is 2.53 bits per heavy atom. The minimum Gasteiger partial charge on any atom is -0.382 e. The van der Waals surface area contributed by atoms with E-state index in [4.69, 9.17) is 5.73 Å². The predicted molar refractivity (Wildman–Crippen MR) is 54.7 cm³/mol. The minimum atomic E-state index is -4.52. The van der Waals surface area contributed by atoms with Gasteiger partial charge in [-0.25, -0.2) is 0 Å². The van der Waals surface area contributed by atoms with Crippen molar-refractivity contribution in [3.8, 4) is 0 Å². The summed E-state index contributed by atoms with van der Waals surface area (Å²) in [7, 11) is -3.96. The standard InChI is InChI=1S/C8H6F3N3O2S/c9-8(10,11)4-1-2-6-5(3-4)7(12)14-17(15,16)13-6/h1-3,13H,(H2,12,14). The number of amidine groups is 1. The smallest absolute Gasteiger partial charge is 0.382 e. The Kier molecular flexibility index (Phi) is 2.31. The first-order valence-electron chi connectivity index (χ1n) is 4.29. The van der Waals surface area contributed by atoms with Gasteiger partial charge in [0, 0.05) is 5.56 Å². The molecule has 1 aliphatic rings. The number of fused-ring (bicyclic) bond motifs is 1. The normalized spacial score (nSPS) is 17.9. The first-order valence-corrected chi connectivity index (χ1v) is 5.73. The van der Waals surface area contributed by atoms with Crippen LogP contribution in [-0.4, -0.2) is 14.3 Å². The summed E-state index contributed by atoms with van der Waals surface area (Å²) in [5.41, 5.74) is 4.27. The number of hydrogen-bond acceptors (Lipinski definition) is 3. The van der Waals surface area contributed by atoms with Crippen LogP contribution < -0.4 is 10.5 Å². The molecule has 1 aromatic rings. The van der Waals surface area contributed by atoms with Crippen molar-refractivity contribution < 1.29 is 21.6 Å². The van der Waals surface area contributed by atoms with Crippen molar-refractivity contribution in [2.45, 2.75) is 6.18 Å². The third-order valence-electron chi connectivity index (χ3n) is 2.08. The van der Waals surface area contributed by atoms with Crippen LogP contribution in [0.15, 0.2) is 22.6 Å². The van der Waals surface area contributed by atoms with Crippen LogP contribution >= 0.6 is 0 Å². The summed E-state index contributed by atoms with van der Waals surface area (Å²) in [5.74, 6) is -0.468. The molecule has 9 heteroatoms. The second-order valence-corrected chi connectivity index (χ2v) is 4.65. The lowest BCUT2D eigenvalue weighted by molar-refractivity contribution is -0.137. The van der Waals surface area contributed by atoms with E-state index < -0.39 is 27.8 Å². The zero-order chi connectivity index (χ0) is 12.8. The first-order chi connectivity index (χ1) is 7.69. The van der Waals surface area contributed by atoms with Crippen LogP contribution in [0.5, 0.6) is 0 Å². The Bertz CT molecular complexity index is 607. The number of nitrogens with two attached hydrogens (primary N) is 1. The lowest BCUT2D eigenvalue weighted by atomic mass is 10.1. The summed E-state index contributed by atoms with van der Waals surface area (Å²) in [6.07, 6.45) is -4.52. The predicted octanol–water partition coefficient (Wildman–Crippen LogP) is 1.08. The van der Waals surface area contributed by atoms with E-state index in [1.165, 1.54) is 0 Å². The molecule has 0 bridgehead atoms. The maximum absolute atomic E-state index is 12.4. The van der Waals surface area contributed by atoms with Gasteiger partial charge >= 0.3 is 16.4 Å². The van der Waals surface area contributed by atoms with Crippen molar-refractivity contribution in [1.82, 2.24) is 0 Å². The number of nitrogens with one attached hydrogen (secondary N) is 1. The van der Waals surface area contributed by atoms with Crippen LogP contribution in [0.4, 0.5) is 18.9 Å². The SMILES string of the molecule is NC1=NS(=O)(=O)Nc2ccc(C(F)(F)F)cc21. The molecule has 0 saturated carbocycles. The molecule has 5 nitrogen and oxygen atoms in total. The van der Waals surface area contributed by atoms with Gasteiger partial charge in [-0.3, -0.25) is 4.72 Å². The lowest BCUT2D eigenvalue weighted by Crippen LogP contribution is -2.26. The van der Waals surface area contributed by atoms with Gasteiger partial charge in [-0.05, 0) is 18.2 Å². The van der Waals surface area contributed by atoms with Crippen molar-refractivity contribution in [3.63, 3.8) is 0 Å². The highest BCUT2D eigenvalue weighted by atomic mass is 32.2. The Balaban J connectivity index is 2.60. The summed E-state index contributed by atoms with van der Waals surface area (Å²) in [6.45, 7) is 0. The van der Waals surface area contributed by atoms with Gasteiger partial charge in [0.1, 0.15) is 5.84 Å². The van der Waals surface area contributed by atoms with Crippen molar-refractivity contribution in [1.29, 1.82) is 0 Å². The molecule has 0 atom stereocenters. The molecule has 0 spiro atoms. The first kappa shape index (κ1) is 11.7. The molecule has 1 aromatic carbocycles. The number of hydrogen-bond donors (Lipinski definition) is 2. The van der Waals surface area contributed by atoms with Gasteiger partial charge in [-0.15, -0.1) is 4.40 Å². The highest BCUT2D eigenvalue weighted by Crippen LogP contribution is 2.33. The van der Waals surface area contributed by atoms with Crippen molar-refractivity contribution in [2.24, 2.45) is 10.1 Å². The quantitative estimate of drug-likeness (QED) is 0.736. The second-order valence-electron chi connectivity index (χ2n) is 3.31. The number of anilines is 1. The molecule has 1 aliphatic heterocycles. The van der Waals surface area contributed by atoms with Gasteiger partial charge in [0.2, 0.25) is 0 Å². The van der Waals surface area contributed by atoms with Gasteiger partial charge in [0.25, 0.3) is 0 Å². The molecule has 92 valence electrons. The molecule has 3 N–H and O–H groups in total. The molecule has 0 aliphatic carbocycles. The molecule has 0 fully saturated rings. The van der Waals surface area contributed by atoms with Gasteiger partial charge in [-0.1, -0.05) is 0 Å². The fraction of sp³-hybridized carbons (Fsp3) is 0.125. The van der Waals surface area contributed by atoms with E-state index in [1.54, 1.807) is 0 Å². The van der Waals surface area contributed by atoms with Crippen molar-refractivity contribution in [2.75, 3.05) is 4.72 Å². The molecule has 0 unspecified atom stereocenters.